The second-order valence-corrected chi connectivity index (χ2v) is 8.63. The SMILES string of the molecule is COC(=O)/C=C/C(=O)N1CCC[C@@H](n2nc(-c3ccc(Oc4ccccc4)cc3)c3c(N)ncnc32)C1. The third kappa shape index (κ3) is 5.13. The molecule has 4 aromatic rings. The number of nitrogens with two attached hydrogens (primary N) is 1. The third-order valence-electron chi connectivity index (χ3n) is 6.24. The number of nitrogens with zero attached hydrogens (tertiary/aromatic N) is 5. The molecule has 3 heterocycles. The van der Waals surface area contributed by atoms with Crippen LogP contribution in [-0.2, 0) is 14.3 Å². The van der Waals surface area contributed by atoms with Gasteiger partial charge < -0.3 is 20.1 Å². The Labute approximate surface area is 213 Å². The molecule has 1 aliphatic heterocycles. The van der Waals surface area contributed by atoms with Crippen molar-refractivity contribution < 1.29 is 19.1 Å². The molecule has 2 aromatic carbocycles. The molecular weight excluding hydrogens is 472 g/mol. The lowest BCUT2D eigenvalue weighted by Crippen LogP contribution is -2.40. The van der Waals surface area contributed by atoms with Crippen LogP contribution in [0.5, 0.6) is 11.5 Å². The van der Waals surface area contributed by atoms with Crippen molar-refractivity contribution in [3.05, 3.63) is 73.1 Å². The molecule has 2 aromatic heterocycles. The van der Waals surface area contributed by atoms with E-state index in [9.17, 15) is 9.59 Å². The van der Waals surface area contributed by atoms with Crippen molar-refractivity contribution in [2.75, 3.05) is 25.9 Å². The number of carbonyl (C=O) groups excluding carboxylic acids is 2. The molecule has 0 radical (unpaired) electrons. The van der Waals surface area contributed by atoms with Crippen LogP contribution >= 0.6 is 0 Å². The fraction of sp³-hybridized carbons (Fsp3) is 0.222. The highest BCUT2D eigenvalue weighted by molar-refractivity contribution is 5.98. The molecule has 1 saturated heterocycles. The van der Waals surface area contributed by atoms with Crippen LogP contribution in [0.2, 0.25) is 0 Å². The summed E-state index contributed by atoms with van der Waals surface area (Å²) in [5.41, 5.74) is 8.39. The van der Waals surface area contributed by atoms with Crippen LogP contribution in [0.1, 0.15) is 18.9 Å². The zero-order valence-corrected chi connectivity index (χ0v) is 20.3. The second kappa shape index (κ2) is 10.5. The Kier molecular flexibility index (Phi) is 6.80. The van der Waals surface area contributed by atoms with Gasteiger partial charge in [-0.2, -0.15) is 5.10 Å². The van der Waals surface area contributed by atoms with E-state index in [-0.39, 0.29) is 11.9 Å². The summed E-state index contributed by atoms with van der Waals surface area (Å²) in [7, 11) is 1.27. The van der Waals surface area contributed by atoms with Crippen LogP contribution in [0.15, 0.2) is 73.1 Å². The van der Waals surface area contributed by atoms with Gasteiger partial charge in [-0.05, 0) is 49.2 Å². The van der Waals surface area contributed by atoms with Gasteiger partial charge in [0, 0.05) is 30.8 Å². The number of anilines is 1. The molecular formula is C27H26N6O4. The maximum absolute atomic E-state index is 12.6. The molecule has 1 aliphatic rings. The molecule has 10 nitrogen and oxygen atoms in total. The Morgan fingerprint density at radius 3 is 2.54 bits per heavy atom. The number of nitrogen functional groups attached to an aromatic ring is 1. The van der Waals surface area contributed by atoms with Crippen molar-refractivity contribution in [1.29, 1.82) is 0 Å². The lowest BCUT2D eigenvalue weighted by molar-refractivity contribution is -0.135. The summed E-state index contributed by atoms with van der Waals surface area (Å²) >= 11 is 0. The fourth-order valence-electron chi connectivity index (χ4n) is 4.42. The molecule has 5 rings (SSSR count). The molecule has 1 amide bonds. The number of rotatable bonds is 6. The monoisotopic (exact) mass is 498 g/mol. The van der Waals surface area contributed by atoms with Crippen LogP contribution in [-0.4, -0.2) is 56.7 Å². The van der Waals surface area contributed by atoms with E-state index in [4.69, 9.17) is 15.6 Å². The zero-order valence-electron chi connectivity index (χ0n) is 20.3. The van der Waals surface area contributed by atoms with E-state index >= 15 is 0 Å². The van der Waals surface area contributed by atoms with E-state index in [2.05, 4.69) is 14.7 Å². The molecule has 0 aliphatic carbocycles. The molecule has 188 valence electrons. The topological polar surface area (TPSA) is 125 Å². The van der Waals surface area contributed by atoms with Crippen molar-refractivity contribution in [3.8, 4) is 22.8 Å². The first-order valence-corrected chi connectivity index (χ1v) is 11.9. The lowest BCUT2D eigenvalue weighted by Gasteiger charge is -2.32. The molecule has 1 fully saturated rings. The number of piperidine rings is 1. The van der Waals surface area contributed by atoms with Crippen molar-refractivity contribution in [2.24, 2.45) is 0 Å². The number of hydrogen-bond donors (Lipinski definition) is 1. The number of esters is 1. The predicted molar refractivity (Wildman–Crippen MR) is 138 cm³/mol. The van der Waals surface area contributed by atoms with Crippen LogP contribution in [0.3, 0.4) is 0 Å². The Hall–Kier alpha value is -4.73. The standard InChI is InChI=1S/C27H26N6O4/c1-36-23(35)14-13-22(34)32-15-5-6-19(16-32)33-27-24(26(28)29-17-30-27)25(31-33)18-9-11-21(12-10-18)37-20-7-3-2-4-8-20/h2-4,7-14,17,19H,5-6,15-16H2,1H3,(H2,28,29,30)/b14-13+/t19-/m1/s1. The normalized spacial score (nSPS) is 15.7. The number of benzene rings is 2. The Bertz CT molecular complexity index is 1450. The average molecular weight is 499 g/mol. The summed E-state index contributed by atoms with van der Waals surface area (Å²) in [6, 6.07) is 17.0. The summed E-state index contributed by atoms with van der Waals surface area (Å²) in [5, 5.41) is 5.56. The summed E-state index contributed by atoms with van der Waals surface area (Å²) in [6.07, 6.45) is 5.38. The van der Waals surface area contributed by atoms with Gasteiger partial charge in [0.1, 0.15) is 29.3 Å². The van der Waals surface area contributed by atoms with E-state index in [1.54, 1.807) is 4.90 Å². The van der Waals surface area contributed by atoms with E-state index < -0.39 is 5.97 Å². The minimum Gasteiger partial charge on any atom is -0.466 e. The number of amides is 1. The Morgan fingerprint density at radius 1 is 1.03 bits per heavy atom. The number of likely N-dealkylation sites (tertiary alicyclic amines) is 1. The van der Waals surface area contributed by atoms with Crippen molar-refractivity contribution in [3.63, 3.8) is 0 Å². The maximum atomic E-state index is 12.6. The largest absolute Gasteiger partial charge is 0.466 e. The number of aromatic nitrogens is 4. The van der Waals surface area contributed by atoms with Crippen LogP contribution < -0.4 is 10.5 Å². The van der Waals surface area contributed by atoms with Crippen molar-refractivity contribution in [1.82, 2.24) is 24.6 Å². The number of para-hydroxylation sites is 1. The zero-order chi connectivity index (χ0) is 25.8. The highest BCUT2D eigenvalue weighted by atomic mass is 16.5. The average Bonchev–Trinajstić information content (AvgIpc) is 3.33. The van der Waals surface area contributed by atoms with Crippen LogP contribution in [0, 0.1) is 0 Å². The van der Waals surface area contributed by atoms with Gasteiger partial charge in [0.25, 0.3) is 0 Å². The number of methoxy groups -OCH3 is 1. The molecule has 2 N–H and O–H groups in total. The smallest absolute Gasteiger partial charge is 0.330 e. The minimum absolute atomic E-state index is 0.115. The number of carbonyl (C=O) groups is 2. The maximum Gasteiger partial charge on any atom is 0.330 e. The molecule has 1 atom stereocenters. The molecule has 0 bridgehead atoms. The number of fused-ring (bicyclic) bond motifs is 1. The van der Waals surface area contributed by atoms with Crippen LogP contribution in [0.4, 0.5) is 5.82 Å². The van der Waals surface area contributed by atoms with Gasteiger partial charge in [0.2, 0.25) is 5.91 Å². The van der Waals surface area contributed by atoms with Gasteiger partial charge in [-0.3, -0.25) is 4.79 Å². The highest BCUT2D eigenvalue weighted by Gasteiger charge is 2.28. The number of ether oxygens (including phenoxy) is 2. The molecule has 0 unspecified atom stereocenters. The Balaban J connectivity index is 1.43. The number of hydrogen-bond acceptors (Lipinski definition) is 8. The quantitative estimate of drug-likeness (QED) is 0.315. The van der Waals surface area contributed by atoms with Crippen molar-refractivity contribution >= 4 is 28.7 Å². The molecule has 0 saturated carbocycles. The second-order valence-electron chi connectivity index (χ2n) is 8.63. The molecule has 37 heavy (non-hydrogen) atoms. The van der Waals surface area contributed by atoms with Crippen LogP contribution in [0.25, 0.3) is 22.3 Å². The first-order valence-electron chi connectivity index (χ1n) is 11.9. The van der Waals surface area contributed by atoms with Gasteiger partial charge in [0.05, 0.1) is 18.5 Å². The van der Waals surface area contributed by atoms with Gasteiger partial charge in [-0.1, -0.05) is 18.2 Å². The van der Waals surface area contributed by atoms with E-state index in [1.807, 2.05) is 59.3 Å². The minimum atomic E-state index is -0.572. The summed E-state index contributed by atoms with van der Waals surface area (Å²) in [4.78, 5) is 34.4. The first-order chi connectivity index (χ1) is 18.0. The summed E-state index contributed by atoms with van der Waals surface area (Å²) in [6.45, 7) is 1.02. The van der Waals surface area contributed by atoms with Crippen molar-refractivity contribution in [2.45, 2.75) is 18.9 Å². The summed E-state index contributed by atoms with van der Waals surface area (Å²) in [5.74, 6) is 0.956. The molecule has 0 spiro atoms. The van der Waals surface area contributed by atoms with E-state index in [0.717, 1.165) is 30.2 Å². The van der Waals surface area contributed by atoms with Gasteiger partial charge in [-0.25, -0.2) is 19.4 Å². The Morgan fingerprint density at radius 2 is 1.78 bits per heavy atom. The van der Waals surface area contributed by atoms with E-state index in [0.29, 0.717) is 41.4 Å². The van der Waals surface area contributed by atoms with Gasteiger partial charge in [-0.15, -0.1) is 0 Å². The van der Waals surface area contributed by atoms with Gasteiger partial charge >= 0.3 is 5.97 Å². The van der Waals surface area contributed by atoms with E-state index in [1.165, 1.54) is 19.5 Å². The summed E-state index contributed by atoms with van der Waals surface area (Å²) < 4.78 is 12.3. The van der Waals surface area contributed by atoms with Gasteiger partial charge in [0.15, 0.2) is 5.65 Å². The first kappa shape index (κ1) is 24.0. The lowest BCUT2D eigenvalue weighted by atomic mass is 10.1. The molecule has 10 heteroatoms. The third-order valence-corrected chi connectivity index (χ3v) is 6.24. The fourth-order valence-corrected chi connectivity index (χ4v) is 4.42. The predicted octanol–water partition coefficient (Wildman–Crippen LogP) is 3.76. The highest BCUT2D eigenvalue weighted by Crippen LogP contribution is 2.34.